The van der Waals surface area contributed by atoms with Gasteiger partial charge in [0.15, 0.2) is 0 Å². The monoisotopic (exact) mass is 186 g/mol. The second-order valence-corrected chi connectivity index (χ2v) is 2.81. The van der Waals surface area contributed by atoms with Gasteiger partial charge in [0.1, 0.15) is 0 Å². The van der Waals surface area contributed by atoms with Gasteiger partial charge >= 0.3 is 0 Å². The summed E-state index contributed by atoms with van der Waals surface area (Å²) in [6.45, 7) is 0. The molecule has 0 saturated carbocycles. The van der Waals surface area contributed by atoms with Gasteiger partial charge in [0, 0.05) is 18.0 Å². The normalized spacial score (nSPS) is 10.9. The van der Waals surface area contributed by atoms with Crippen LogP contribution >= 0.6 is 0 Å². The molecule has 0 aliphatic carbocycles. The van der Waals surface area contributed by atoms with Crippen molar-refractivity contribution in [3.63, 3.8) is 0 Å². The summed E-state index contributed by atoms with van der Waals surface area (Å²) in [7, 11) is 0. The Morgan fingerprint density at radius 1 is 1.36 bits per heavy atom. The van der Waals surface area contributed by atoms with Crippen LogP contribution in [0.25, 0.3) is 5.69 Å². The third-order valence-electron chi connectivity index (χ3n) is 1.93. The van der Waals surface area contributed by atoms with Crippen molar-refractivity contribution >= 4 is 6.21 Å². The van der Waals surface area contributed by atoms with E-state index in [1.807, 2.05) is 35.0 Å². The number of para-hydroxylation sites is 1. The van der Waals surface area contributed by atoms with Gasteiger partial charge in [-0.2, -0.15) is 5.10 Å². The van der Waals surface area contributed by atoms with E-state index < -0.39 is 0 Å². The van der Waals surface area contributed by atoms with E-state index in [0.29, 0.717) is 0 Å². The Bertz CT molecular complexity index is 431. The highest BCUT2D eigenvalue weighted by Crippen LogP contribution is 2.11. The summed E-state index contributed by atoms with van der Waals surface area (Å²) in [5.74, 6) is 5.13. The highest BCUT2D eigenvalue weighted by molar-refractivity contribution is 5.84. The Hall–Kier alpha value is -2.10. The van der Waals surface area contributed by atoms with Crippen LogP contribution in [0.1, 0.15) is 5.56 Å². The van der Waals surface area contributed by atoms with Crippen LogP contribution in [0.3, 0.4) is 0 Å². The summed E-state index contributed by atoms with van der Waals surface area (Å²) in [5.41, 5.74) is 1.98. The maximum Gasteiger partial charge on any atom is 0.0991 e. The molecule has 1 aromatic heterocycles. The molecule has 0 unspecified atom stereocenters. The average Bonchev–Trinajstić information content (AvgIpc) is 2.72. The van der Waals surface area contributed by atoms with Gasteiger partial charge in [0.05, 0.1) is 18.2 Å². The number of nitrogens with zero attached hydrogens (tertiary/aromatic N) is 3. The third kappa shape index (κ3) is 1.50. The Morgan fingerprint density at radius 3 is 2.93 bits per heavy atom. The minimum Gasteiger partial charge on any atom is -0.323 e. The van der Waals surface area contributed by atoms with Crippen LogP contribution in [-0.2, 0) is 0 Å². The molecule has 0 amide bonds. The van der Waals surface area contributed by atoms with Crippen LogP contribution in [0.4, 0.5) is 0 Å². The zero-order valence-corrected chi connectivity index (χ0v) is 7.54. The SMILES string of the molecule is NN=Cc1ccccc1-n1ccnc1. The number of imidazole rings is 1. The Labute approximate surface area is 81.7 Å². The molecule has 0 atom stereocenters. The first-order valence-electron chi connectivity index (χ1n) is 4.22. The van der Waals surface area contributed by atoms with Crippen LogP contribution < -0.4 is 5.84 Å². The number of aromatic nitrogens is 2. The maximum absolute atomic E-state index is 5.13. The lowest BCUT2D eigenvalue weighted by molar-refractivity contribution is 1.05. The maximum atomic E-state index is 5.13. The molecule has 0 radical (unpaired) electrons. The lowest BCUT2D eigenvalue weighted by Gasteiger charge is -2.04. The summed E-state index contributed by atoms with van der Waals surface area (Å²) in [6, 6.07) is 7.84. The number of hydrogen-bond donors (Lipinski definition) is 1. The first kappa shape index (κ1) is 8.50. The molecule has 0 fully saturated rings. The molecule has 0 aliphatic rings. The van der Waals surface area contributed by atoms with Crippen molar-refractivity contribution in [2.24, 2.45) is 10.9 Å². The highest BCUT2D eigenvalue weighted by atomic mass is 15.1. The molecular formula is C10H10N4. The van der Waals surface area contributed by atoms with Crippen molar-refractivity contribution in [3.05, 3.63) is 48.5 Å². The molecule has 2 rings (SSSR count). The number of benzene rings is 1. The molecule has 2 aromatic rings. The third-order valence-corrected chi connectivity index (χ3v) is 1.93. The topological polar surface area (TPSA) is 56.2 Å². The van der Waals surface area contributed by atoms with Gasteiger partial charge in [0.2, 0.25) is 0 Å². The molecule has 0 aliphatic heterocycles. The van der Waals surface area contributed by atoms with Gasteiger partial charge in [-0.25, -0.2) is 4.98 Å². The van der Waals surface area contributed by atoms with Crippen molar-refractivity contribution in [3.8, 4) is 5.69 Å². The molecule has 0 bridgehead atoms. The van der Waals surface area contributed by atoms with E-state index in [1.54, 1.807) is 18.7 Å². The summed E-state index contributed by atoms with van der Waals surface area (Å²) in [5, 5.41) is 3.52. The molecule has 4 nitrogen and oxygen atoms in total. The molecule has 14 heavy (non-hydrogen) atoms. The van der Waals surface area contributed by atoms with Gasteiger partial charge in [0.25, 0.3) is 0 Å². The van der Waals surface area contributed by atoms with Gasteiger partial charge in [-0.3, -0.25) is 0 Å². The molecule has 1 aromatic carbocycles. The van der Waals surface area contributed by atoms with Crippen LogP contribution in [0, 0.1) is 0 Å². The number of nitrogens with two attached hydrogens (primary N) is 1. The zero-order valence-electron chi connectivity index (χ0n) is 7.54. The van der Waals surface area contributed by atoms with E-state index in [9.17, 15) is 0 Å². The van der Waals surface area contributed by atoms with E-state index in [-0.39, 0.29) is 0 Å². The average molecular weight is 186 g/mol. The summed E-state index contributed by atoms with van der Waals surface area (Å²) in [4.78, 5) is 3.99. The first-order chi connectivity index (χ1) is 6.92. The molecule has 1 heterocycles. The highest BCUT2D eigenvalue weighted by Gasteiger charge is 1.99. The minimum atomic E-state index is 0.966. The Kier molecular flexibility index (Phi) is 2.27. The molecule has 0 spiro atoms. The fourth-order valence-electron chi connectivity index (χ4n) is 1.31. The number of hydrazone groups is 1. The first-order valence-corrected chi connectivity index (χ1v) is 4.22. The molecule has 4 heteroatoms. The fraction of sp³-hybridized carbons (Fsp3) is 0. The van der Waals surface area contributed by atoms with Gasteiger partial charge in [-0.1, -0.05) is 18.2 Å². The summed E-state index contributed by atoms with van der Waals surface area (Å²) < 4.78 is 1.91. The standard InChI is InChI=1S/C10H10N4/c11-13-7-9-3-1-2-4-10(9)14-6-5-12-8-14/h1-8H,11H2. The smallest absolute Gasteiger partial charge is 0.0991 e. The Morgan fingerprint density at radius 2 is 2.21 bits per heavy atom. The number of hydrogen-bond acceptors (Lipinski definition) is 3. The molecule has 2 N–H and O–H groups in total. The van der Waals surface area contributed by atoms with E-state index >= 15 is 0 Å². The van der Waals surface area contributed by atoms with Crippen LogP contribution in [0.15, 0.2) is 48.1 Å². The van der Waals surface area contributed by atoms with E-state index in [0.717, 1.165) is 11.3 Å². The quantitative estimate of drug-likeness (QED) is 0.434. The van der Waals surface area contributed by atoms with Gasteiger partial charge in [-0.05, 0) is 6.07 Å². The lowest BCUT2D eigenvalue weighted by Crippen LogP contribution is -1.97. The molecule has 70 valence electrons. The van der Waals surface area contributed by atoms with E-state index in [2.05, 4.69) is 10.1 Å². The summed E-state index contributed by atoms with van der Waals surface area (Å²) in [6.07, 6.45) is 6.97. The Balaban J connectivity index is 2.52. The zero-order chi connectivity index (χ0) is 9.80. The van der Waals surface area contributed by atoms with Crippen molar-refractivity contribution in [2.45, 2.75) is 0 Å². The second-order valence-electron chi connectivity index (χ2n) is 2.81. The number of rotatable bonds is 2. The molecule has 0 saturated heterocycles. The second kappa shape index (κ2) is 3.74. The van der Waals surface area contributed by atoms with Crippen LogP contribution in [0.5, 0.6) is 0 Å². The lowest BCUT2D eigenvalue weighted by atomic mass is 10.2. The largest absolute Gasteiger partial charge is 0.323 e. The van der Waals surface area contributed by atoms with Crippen molar-refractivity contribution in [1.29, 1.82) is 0 Å². The van der Waals surface area contributed by atoms with E-state index in [4.69, 9.17) is 5.84 Å². The van der Waals surface area contributed by atoms with Crippen LogP contribution in [0.2, 0.25) is 0 Å². The van der Waals surface area contributed by atoms with E-state index in [1.165, 1.54) is 0 Å². The molecular weight excluding hydrogens is 176 g/mol. The predicted molar refractivity (Wildman–Crippen MR) is 55.3 cm³/mol. The van der Waals surface area contributed by atoms with Crippen molar-refractivity contribution in [2.75, 3.05) is 0 Å². The van der Waals surface area contributed by atoms with Crippen molar-refractivity contribution in [1.82, 2.24) is 9.55 Å². The van der Waals surface area contributed by atoms with Gasteiger partial charge < -0.3 is 10.4 Å². The minimum absolute atomic E-state index is 0.966. The fourth-order valence-corrected chi connectivity index (χ4v) is 1.31. The van der Waals surface area contributed by atoms with Crippen molar-refractivity contribution < 1.29 is 0 Å². The summed E-state index contributed by atoms with van der Waals surface area (Å²) >= 11 is 0. The predicted octanol–water partition coefficient (Wildman–Crippen LogP) is 1.16. The van der Waals surface area contributed by atoms with Gasteiger partial charge in [-0.15, -0.1) is 0 Å². The van der Waals surface area contributed by atoms with Crippen LogP contribution in [-0.4, -0.2) is 15.8 Å².